The van der Waals surface area contributed by atoms with Crippen LogP contribution in [0.2, 0.25) is 0 Å². The van der Waals surface area contributed by atoms with Crippen molar-refractivity contribution in [1.82, 2.24) is 0 Å². The van der Waals surface area contributed by atoms with Gasteiger partial charge in [0.2, 0.25) is 0 Å². The van der Waals surface area contributed by atoms with Crippen molar-refractivity contribution < 1.29 is 37.9 Å². The Hall–Kier alpha value is -1.27. The molecule has 1 aliphatic rings. The van der Waals surface area contributed by atoms with Crippen molar-refractivity contribution in [2.45, 2.75) is 18.9 Å². The summed E-state index contributed by atoms with van der Waals surface area (Å²) in [7, 11) is 8.04. The molecule has 2 aromatic carbocycles. The summed E-state index contributed by atoms with van der Waals surface area (Å²) in [4.78, 5) is 0. The van der Waals surface area contributed by atoms with E-state index in [4.69, 9.17) is 9.47 Å². The summed E-state index contributed by atoms with van der Waals surface area (Å²) in [6.45, 7) is 1.18. The van der Waals surface area contributed by atoms with Crippen molar-refractivity contribution in [3.8, 4) is 11.5 Å². The Morgan fingerprint density at radius 3 is 2.42 bits per heavy atom. The Bertz CT molecular complexity index is 700. The second-order valence-electron chi connectivity index (χ2n) is 6.86. The summed E-state index contributed by atoms with van der Waals surface area (Å²) in [5.74, 6) is 1.59. The topological polar surface area (TPSA) is 18.5 Å². The molecule has 0 N–H and O–H groups in total. The molecule has 0 saturated carbocycles. The lowest BCUT2D eigenvalue weighted by atomic mass is 9.87. The van der Waals surface area contributed by atoms with Gasteiger partial charge in [0.15, 0.2) is 11.5 Å². The lowest BCUT2D eigenvalue weighted by molar-refractivity contribution is -0.923. The van der Waals surface area contributed by atoms with E-state index in [1.807, 2.05) is 6.07 Å². The summed E-state index contributed by atoms with van der Waals surface area (Å²) in [6, 6.07) is 15.6. The van der Waals surface area contributed by atoms with E-state index in [0.29, 0.717) is 6.04 Å². The number of hydrogen-bond acceptors (Lipinski definition) is 2. The summed E-state index contributed by atoms with van der Waals surface area (Å²) in [5, 5.41) is 0. The highest BCUT2D eigenvalue weighted by molar-refractivity contribution is 5.43. The zero-order chi connectivity index (χ0) is 16.4. The van der Waals surface area contributed by atoms with Crippen molar-refractivity contribution in [2.24, 2.45) is 0 Å². The third-order valence-corrected chi connectivity index (χ3v) is 5.09. The molecule has 0 radical (unpaired) electrons. The minimum absolute atomic E-state index is 0. The number of ether oxygens (including phenoxy) is 2. The molecular formula is C20H26INO2. The number of rotatable bonds is 4. The summed E-state index contributed by atoms with van der Waals surface area (Å²) in [6.07, 6.45) is 2.16. The average molecular weight is 439 g/mol. The number of methoxy groups -OCH3 is 2. The molecule has 1 atom stereocenters. The molecule has 2 aromatic rings. The largest absolute Gasteiger partial charge is 1.00 e. The van der Waals surface area contributed by atoms with Crippen molar-refractivity contribution in [1.29, 1.82) is 0 Å². The fraction of sp³-hybridized carbons (Fsp3) is 0.400. The lowest BCUT2D eigenvalue weighted by Crippen LogP contribution is -3.00. The van der Waals surface area contributed by atoms with E-state index < -0.39 is 0 Å². The first-order valence-electron chi connectivity index (χ1n) is 8.16. The van der Waals surface area contributed by atoms with Crippen LogP contribution in [0.1, 0.15) is 22.7 Å². The van der Waals surface area contributed by atoms with Crippen LogP contribution in [0, 0.1) is 0 Å². The maximum Gasteiger partial charge on any atom is 0.160 e. The standard InChI is InChI=1S/C20H26NO2.HI/c1-21(2)12-11-16-7-5-6-8-17(16)18(21)13-15-9-10-19(22-3)20(14-15)23-4;/h5-10,14,18H,11-13H2,1-4H3;1H/q+1;/p-1. The van der Waals surface area contributed by atoms with Crippen LogP contribution >= 0.6 is 0 Å². The lowest BCUT2D eigenvalue weighted by Gasteiger charge is -2.43. The van der Waals surface area contributed by atoms with Gasteiger partial charge in [-0.3, -0.25) is 0 Å². The zero-order valence-corrected chi connectivity index (χ0v) is 17.0. The van der Waals surface area contributed by atoms with Crippen molar-refractivity contribution in [3.05, 3.63) is 59.2 Å². The molecule has 1 heterocycles. The maximum atomic E-state index is 5.46. The van der Waals surface area contributed by atoms with E-state index in [0.717, 1.165) is 28.8 Å². The van der Waals surface area contributed by atoms with Gasteiger partial charge in [0.25, 0.3) is 0 Å². The van der Waals surface area contributed by atoms with Crippen LogP contribution in [0.5, 0.6) is 11.5 Å². The minimum atomic E-state index is 0. The molecule has 0 aliphatic carbocycles. The molecule has 130 valence electrons. The fourth-order valence-electron chi connectivity index (χ4n) is 3.62. The Morgan fingerprint density at radius 1 is 1.00 bits per heavy atom. The number of quaternary nitrogens is 1. The predicted molar refractivity (Wildman–Crippen MR) is 93.1 cm³/mol. The van der Waals surface area contributed by atoms with Gasteiger partial charge in [-0.25, -0.2) is 0 Å². The monoisotopic (exact) mass is 439 g/mol. The van der Waals surface area contributed by atoms with Gasteiger partial charge in [0.1, 0.15) is 6.04 Å². The SMILES string of the molecule is COc1ccc(CC2c3ccccc3CC[N+]2(C)C)cc1OC.[I-]. The molecule has 24 heavy (non-hydrogen) atoms. The molecule has 0 bridgehead atoms. The normalized spacial score (nSPS) is 18.2. The van der Waals surface area contributed by atoms with Crippen LogP contribution in [-0.2, 0) is 12.8 Å². The van der Waals surface area contributed by atoms with Crippen molar-refractivity contribution >= 4 is 0 Å². The second kappa shape index (κ2) is 7.74. The van der Waals surface area contributed by atoms with Gasteiger partial charge in [0.05, 0.1) is 34.9 Å². The van der Waals surface area contributed by atoms with Crippen LogP contribution < -0.4 is 33.5 Å². The van der Waals surface area contributed by atoms with E-state index in [2.05, 4.69) is 50.5 Å². The van der Waals surface area contributed by atoms with Gasteiger partial charge in [-0.15, -0.1) is 0 Å². The molecule has 0 fully saturated rings. The summed E-state index contributed by atoms with van der Waals surface area (Å²) in [5.41, 5.74) is 4.27. The summed E-state index contributed by atoms with van der Waals surface area (Å²) >= 11 is 0. The van der Waals surface area contributed by atoms with Crippen LogP contribution in [0.4, 0.5) is 0 Å². The zero-order valence-electron chi connectivity index (χ0n) is 14.9. The molecule has 4 heteroatoms. The third-order valence-electron chi connectivity index (χ3n) is 5.09. The van der Waals surface area contributed by atoms with E-state index in [1.165, 1.54) is 23.2 Å². The first-order valence-corrected chi connectivity index (χ1v) is 8.16. The fourth-order valence-corrected chi connectivity index (χ4v) is 3.62. The van der Waals surface area contributed by atoms with Crippen LogP contribution in [0.25, 0.3) is 0 Å². The van der Waals surface area contributed by atoms with Gasteiger partial charge in [-0.2, -0.15) is 0 Å². The Morgan fingerprint density at radius 2 is 1.71 bits per heavy atom. The van der Waals surface area contributed by atoms with Gasteiger partial charge < -0.3 is 37.9 Å². The number of fused-ring (bicyclic) bond motifs is 1. The molecule has 3 rings (SSSR count). The Kier molecular flexibility index (Phi) is 6.15. The number of hydrogen-bond donors (Lipinski definition) is 0. The molecule has 0 amide bonds. The number of benzene rings is 2. The number of halogens is 1. The van der Waals surface area contributed by atoms with Gasteiger partial charge in [0, 0.05) is 18.4 Å². The van der Waals surface area contributed by atoms with Crippen molar-refractivity contribution in [2.75, 3.05) is 34.9 Å². The highest BCUT2D eigenvalue weighted by Gasteiger charge is 2.35. The van der Waals surface area contributed by atoms with Gasteiger partial charge in [-0.1, -0.05) is 30.3 Å². The minimum Gasteiger partial charge on any atom is -1.00 e. The third kappa shape index (κ3) is 3.70. The predicted octanol–water partition coefficient (Wildman–Crippen LogP) is 0.624. The van der Waals surface area contributed by atoms with E-state index in [-0.39, 0.29) is 24.0 Å². The average Bonchev–Trinajstić information content (AvgIpc) is 2.57. The summed E-state index contributed by atoms with van der Waals surface area (Å²) < 4.78 is 11.8. The van der Waals surface area contributed by atoms with E-state index >= 15 is 0 Å². The van der Waals surface area contributed by atoms with E-state index in [9.17, 15) is 0 Å². The molecular weight excluding hydrogens is 413 g/mol. The van der Waals surface area contributed by atoms with Crippen molar-refractivity contribution in [3.63, 3.8) is 0 Å². The van der Waals surface area contributed by atoms with Gasteiger partial charge in [-0.05, 0) is 23.3 Å². The smallest absolute Gasteiger partial charge is 0.160 e. The molecule has 3 nitrogen and oxygen atoms in total. The number of likely N-dealkylation sites (N-methyl/N-ethyl adjacent to an activating group) is 1. The quantitative estimate of drug-likeness (QED) is 0.514. The molecule has 1 aliphatic heterocycles. The maximum absolute atomic E-state index is 5.46. The second-order valence-corrected chi connectivity index (χ2v) is 6.86. The molecule has 0 aromatic heterocycles. The van der Waals surface area contributed by atoms with Crippen LogP contribution in [0.3, 0.4) is 0 Å². The van der Waals surface area contributed by atoms with Crippen LogP contribution in [-0.4, -0.2) is 39.3 Å². The number of nitrogens with zero attached hydrogens (tertiary/aromatic N) is 1. The molecule has 0 saturated heterocycles. The van der Waals surface area contributed by atoms with Gasteiger partial charge >= 0.3 is 0 Å². The van der Waals surface area contributed by atoms with Crippen LogP contribution in [0.15, 0.2) is 42.5 Å². The Balaban J connectivity index is 0.00000208. The Labute approximate surface area is 162 Å². The first-order chi connectivity index (χ1) is 11.0. The van der Waals surface area contributed by atoms with E-state index in [1.54, 1.807) is 14.2 Å². The molecule has 1 unspecified atom stereocenters. The highest BCUT2D eigenvalue weighted by Crippen LogP contribution is 2.37. The molecule has 0 spiro atoms. The first kappa shape index (κ1) is 19.1. The highest BCUT2D eigenvalue weighted by atomic mass is 127.